The first-order chi connectivity index (χ1) is 6.76. The Hall–Kier alpha value is -1.35. The van der Waals surface area contributed by atoms with Gasteiger partial charge < -0.3 is 5.11 Å². The van der Waals surface area contributed by atoms with Crippen molar-refractivity contribution in [3.8, 4) is 5.75 Å². The van der Waals surface area contributed by atoms with Crippen LogP contribution in [0.1, 0.15) is 22.2 Å². The predicted molar refractivity (Wildman–Crippen MR) is 58.3 cm³/mol. The van der Waals surface area contributed by atoms with E-state index in [1.54, 1.807) is 23.5 Å². The van der Waals surface area contributed by atoms with Crippen LogP contribution in [0.15, 0.2) is 18.2 Å². The van der Waals surface area contributed by atoms with Crippen molar-refractivity contribution in [3.63, 3.8) is 0 Å². The molecule has 0 fully saturated rings. The molecule has 0 saturated heterocycles. The molecule has 0 saturated carbocycles. The van der Waals surface area contributed by atoms with Gasteiger partial charge in [0.25, 0.3) is 0 Å². The SMILES string of the molecule is CCc1cc2c(O)ccc(C=O)c2s1. The van der Waals surface area contributed by atoms with Crippen molar-refractivity contribution in [2.75, 3.05) is 0 Å². The summed E-state index contributed by atoms with van der Waals surface area (Å²) in [5.41, 5.74) is 0.655. The Kier molecular flexibility index (Phi) is 2.25. The number of phenolic OH excluding ortho intramolecular Hbond substituents is 1. The number of rotatable bonds is 2. The molecule has 0 aliphatic heterocycles. The summed E-state index contributed by atoms with van der Waals surface area (Å²) in [7, 11) is 0. The summed E-state index contributed by atoms with van der Waals surface area (Å²) < 4.78 is 0.886. The van der Waals surface area contributed by atoms with Gasteiger partial charge in [-0.15, -0.1) is 11.3 Å². The third-order valence-electron chi connectivity index (χ3n) is 2.22. The second kappa shape index (κ2) is 3.42. The van der Waals surface area contributed by atoms with E-state index < -0.39 is 0 Å². The van der Waals surface area contributed by atoms with Crippen LogP contribution in [0.2, 0.25) is 0 Å². The molecule has 0 aliphatic rings. The number of thiophene rings is 1. The summed E-state index contributed by atoms with van der Waals surface area (Å²) in [6.45, 7) is 2.06. The number of hydrogen-bond acceptors (Lipinski definition) is 3. The summed E-state index contributed by atoms with van der Waals surface area (Å²) in [6, 6.07) is 5.17. The first-order valence-electron chi connectivity index (χ1n) is 4.45. The van der Waals surface area contributed by atoms with E-state index in [0.29, 0.717) is 5.56 Å². The molecule has 2 aromatic rings. The summed E-state index contributed by atoms with van der Waals surface area (Å²) in [4.78, 5) is 11.9. The summed E-state index contributed by atoms with van der Waals surface area (Å²) >= 11 is 1.57. The normalized spacial score (nSPS) is 10.6. The van der Waals surface area contributed by atoms with Crippen LogP contribution in [0.25, 0.3) is 10.1 Å². The van der Waals surface area contributed by atoms with E-state index in [1.165, 1.54) is 4.88 Å². The smallest absolute Gasteiger partial charge is 0.151 e. The van der Waals surface area contributed by atoms with Gasteiger partial charge in [0.2, 0.25) is 0 Å². The lowest BCUT2D eigenvalue weighted by Crippen LogP contribution is -1.78. The molecule has 3 heteroatoms. The number of benzene rings is 1. The van der Waals surface area contributed by atoms with Crippen LogP contribution < -0.4 is 0 Å². The second-order valence-electron chi connectivity index (χ2n) is 3.10. The van der Waals surface area contributed by atoms with E-state index in [4.69, 9.17) is 0 Å². The quantitative estimate of drug-likeness (QED) is 0.767. The molecule has 0 bridgehead atoms. The van der Waals surface area contributed by atoms with Gasteiger partial charge in [0.05, 0.1) is 0 Å². The maximum absolute atomic E-state index is 10.8. The number of carbonyl (C=O) groups excluding carboxylic acids is 1. The Balaban J connectivity index is 2.81. The highest BCUT2D eigenvalue weighted by atomic mass is 32.1. The Labute approximate surface area is 85.8 Å². The number of phenols is 1. The van der Waals surface area contributed by atoms with E-state index >= 15 is 0 Å². The van der Waals surface area contributed by atoms with Crippen LogP contribution in [-0.2, 0) is 6.42 Å². The van der Waals surface area contributed by atoms with Gasteiger partial charge in [0.1, 0.15) is 5.75 Å². The third-order valence-corrected chi connectivity index (χ3v) is 3.55. The molecule has 0 spiro atoms. The van der Waals surface area contributed by atoms with Crippen LogP contribution in [0.4, 0.5) is 0 Å². The first kappa shape index (κ1) is 9.21. The lowest BCUT2D eigenvalue weighted by atomic mass is 10.1. The topological polar surface area (TPSA) is 37.3 Å². The molecule has 1 N–H and O–H groups in total. The molecular weight excluding hydrogens is 196 g/mol. The Morgan fingerprint density at radius 1 is 1.50 bits per heavy atom. The molecule has 0 radical (unpaired) electrons. The lowest BCUT2D eigenvalue weighted by Gasteiger charge is -1.95. The van der Waals surface area contributed by atoms with Gasteiger partial charge in [-0.25, -0.2) is 0 Å². The van der Waals surface area contributed by atoms with Crippen molar-refractivity contribution in [2.45, 2.75) is 13.3 Å². The standard InChI is InChI=1S/C11H10O2S/c1-2-8-5-9-10(13)4-3-7(6-12)11(9)14-8/h3-6,13H,2H2,1H3. The van der Waals surface area contributed by atoms with Crippen molar-refractivity contribution >= 4 is 27.7 Å². The van der Waals surface area contributed by atoms with Crippen LogP contribution in [0.5, 0.6) is 5.75 Å². The Bertz CT molecular complexity index is 485. The summed E-state index contributed by atoms with van der Waals surface area (Å²) in [5, 5.41) is 10.4. The second-order valence-corrected chi connectivity index (χ2v) is 4.24. The molecule has 0 amide bonds. The average molecular weight is 206 g/mol. The largest absolute Gasteiger partial charge is 0.507 e. The number of aldehydes is 1. The van der Waals surface area contributed by atoms with Crippen molar-refractivity contribution in [1.29, 1.82) is 0 Å². The van der Waals surface area contributed by atoms with Crippen LogP contribution >= 0.6 is 11.3 Å². The van der Waals surface area contributed by atoms with E-state index in [0.717, 1.165) is 22.8 Å². The number of carbonyl (C=O) groups is 1. The van der Waals surface area contributed by atoms with Gasteiger partial charge in [-0.1, -0.05) is 6.92 Å². The van der Waals surface area contributed by atoms with Gasteiger partial charge in [-0.05, 0) is 24.6 Å². The summed E-state index contributed by atoms with van der Waals surface area (Å²) in [6.07, 6.45) is 1.76. The summed E-state index contributed by atoms with van der Waals surface area (Å²) in [5.74, 6) is 0.251. The highest BCUT2D eigenvalue weighted by Crippen LogP contribution is 2.34. The highest BCUT2D eigenvalue weighted by molar-refractivity contribution is 7.19. The zero-order valence-corrected chi connectivity index (χ0v) is 8.60. The molecule has 0 unspecified atom stereocenters. The van der Waals surface area contributed by atoms with Gasteiger partial charge in [-0.2, -0.15) is 0 Å². The minimum atomic E-state index is 0.251. The van der Waals surface area contributed by atoms with Gasteiger partial charge >= 0.3 is 0 Å². The maximum Gasteiger partial charge on any atom is 0.151 e. The van der Waals surface area contributed by atoms with E-state index in [9.17, 15) is 9.90 Å². The number of hydrogen-bond donors (Lipinski definition) is 1. The fourth-order valence-electron chi connectivity index (χ4n) is 1.45. The van der Waals surface area contributed by atoms with Crippen LogP contribution in [0, 0.1) is 0 Å². The van der Waals surface area contributed by atoms with Crippen LogP contribution in [0.3, 0.4) is 0 Å². The fourth-order valence-corrected chi connectivity index (χ4v) is 2.54. The Morgan fingerprint density at radius 3 is 2.93 bits per heavy atom. The Morgan fingerprint density at radius 2 is 2.29 bits per heavy atom. The van der Waals surface area contributed by atoms with E-state index in [2.05, 4.69) is 6.92 Å². The van der Waals surface area contributed by atoms with Gasteiger partial charge in [-0.3, -0.25) is 4.79 Å². The number of fused-ring (bicyclic) bond motifs is 1. The predicted octanol–water partition coefficient (Wildman–Crippen LogP) is 2.98. The zero-order chi connectivity index (χ0) is 10.1. The lowest BCUT2D eigenvalue weighted by molar-refractivity contribution is 0.112. The van der Waals surface area contributed by atoms with E-state index in [-0.39, 0.29) is 5.75 Å². The molecule has 1 heterocycles. The third kappa shape index (κ3) is 1.30. The number of aromatic hydroxyl groups is 1. The van der Waals surface area contributed by atoms with Crippen molar-refractivity contribution in [3.05, 3.63) is 28.6 Å². The molecular formula is C11H10O2S. The molecule has 72 valence electrons. The molecule has 0 atom stereocenters. The van der Waals surface area contributed by atoms with Crippen molar-refractivity contribution < 1.29 is 9.90 Å². The van der Waals surface area contributed by atoms with Gasteiger partial charge in [0, 0.05) is 20.5 Å². The average Bonchev–Trinajstić information content (AvgIpc) is 2.63. The molecule has 2 rings (SSSR count). The fraction of sp³-hybridized carbons (Fsp3) is 0.182. The minimum absolute atomic E-state index is 0.251. The zero-order valence-electron chi connectivity index (χ0n) is 7.78. The molecule has 2 nitrogen and oxygen atoms in total. The molecule has 1 aromatic carbocycles. The monoisotopic (exact) mass is 206 g/mol. The maximum atomic E-state index is 10.8. The molecule has 14 heavy (non-hydrogen) atoms. The first-order valence-corrected chi connectivity index (χ1v) is 5.27. The minimum Gasteiger partial charge on any atom is -0.507 e. The van der Waals surface area contributed by atoms with Crippen molar-refractivity contribution in [2.24, 2.45) is 0 Å². The van der Waals surface area contributed by atoms with Crippen molar-refractivity contribution in [1.82, 2.24) is 0 Å². The van der Waals surface area contributed by atoms with Gasteiger partial charge in [0.15, 0.2) is 6.29 Å². The van der Waals surface area contributed by atoms with E-state index in [1.807, 2.05) is 6.07 Å². The molecule has 1 aromatic heterocycles. The highest BCUT2D eigenvalue weighted by Gasteiger charge is 2.08. The van der Waals surface area contributed by atoms with Crippen LogP contribution in [-0.4, -0.2) is 11.4 Å². The number of aryl methyl sites for hydroxylation is 1. The molecule has 0 aliphatic carbocycles.